The molecule has 158 valence electrons. The molecular formula is C22H27N5O3. The van der Waals surface area contributed by atoms with Crippen molar-refractivity contribution in [2.45, 2.75) is 38.1 Å². The second kappa shape index (κ2) is 7.83. The van der Waals surface area contributed by atoms with Crippen molar-refractivity contribution in [1.82, 2.24) is 19.4 Å². The summed E-state index contributed by atoms with van der Waals surface area (Å²) in [4.78, 5) is 36.1. The third-order valence-corrected chi connectivity index (χ3v) is 6.70. The standard InChI is InChI=1S/C22H27N5O3/c23-20-9-18(24-13-25-20)16-7-19-17-5-15(11-27(19)22(29)8-16)10-26(12-17)21(28)6-14-1-3-30-4-2-14/h7-9,13-15,17H,1-6,10-12H2,(H2,23,24,25)/t15-,17+/m0/s1. The highest BCUT2D eigenvalue weighted by Crippen LogP contribution is 2.37. The first-order chi connectivity index (χ1) is 14.6. The molecule has 8 nitrogen and oxygen atoms in total. The molecule has 0 unspecified atom stereocenters. The minimum atomic E-state index is -0.0173. The minimum absolute atomic E-state index is 0.0173. The van der Waals surface area contributed by atoms with Crippen LogP contribution in [0, 0.1) is 11.8 Å². The predicted molar refractivity (Wildman–Crippen MR) is 112 cm³/mol. The molecule has 0 aromatic carbocycles. The molecule has 3 aliphatic heterocycles. The number of hydrogen-bond donors (Lipinski definition) is 1. The van der Waals surface area contributed by atoms with Gasteiger partial charge >= 0.3 is 0 Å². The molecule has 1 amide bonds. The van der Waals surface area contributed by atoms with E-state index in [4.69, 9.17) is 10.5 Å². The topological polar surface area (TPSA) is 103 Å². The Morgan fingerprint density at radius 1 is 1.13 bits per heavy atom. The van der Waals surface area contributed by atoms with Gasteiger partial charge in [0.15, 0.2) is 0 Å². The van der Waals surface area contributed by atoms with Crippen LogP contribution in [-0.2, 0) is 16.1 Å². The molecule has 2 atom stereocenters. The molecule has 0 radical (unpaired) electrons. The second-order valence-electron chi connectivity index (χ2n) is 8.80. The number of ether oxygens (including phenoxy) is 1. The summed E-state index contributed by atoms with van der Waals surface area (Å²) in [6, 6.07) is 5.35. The third kappa shape index (κ3) is 3.71. The van der Waals surface area contributed by atoms with Gasteiger partial charge in [-0.3, -0.25) is 9.59 Å². The van der Waals surface area contributed by atoms with E-state index in [1.165, 1.54) is 6.33 Å². The Kier molecular flexibility index (Phi) is 5.02. The van der Waals surface area contributed by atoms with Gasteiger partial charge in [-0.25, -0.2) is 9.97 Å². The number of nitrogen functional groups attached to an aromatic ring is 1. The quantitative estimate of drug-likeness (QED) is 0.827. The molecule has 5 rings (SSSR count). The van der Waals surface area contributed by atoms with E-state index in [9.17, 15) is 9.59 Å². The largest absolute Gasteiger partial charge is 0.384 e. The molecule has 2 fully saturated rings. The summed E-state index contributed by atoms with van der Waals surface area (Å²) in [6.07, 6.45) is 4.97. The number of pyridine rings is 1. The Labute approximate surface area is 175 Å². The Morgan fingerprint density at radius 2 is 1.97 bits per heavy atom. The monoisotopic (exact) mass is 409 g/mol. The van der Waals surface area contributed by atoms with Gasteiger partial charge in [-0.2, -0.15) is 0 Å². The molecule has 30 heavy (non-hydrogen) atoms. The number of aromatic nitrogens is 3. The van der Waals surface area contributed by atoms with E-state index in [1.54, 1.807) is 12.1 Å². The van der Waals surface area contributed by atoms with Crippen LogP contribution in [0.5, 0.6) is 0 Å². The lowest BCUT2D eigenvalue weighted by atomic mass is 9.82. The van der Waals surface area contributed by atoms with E-state index < -0.39 is 0 Å². The van der Waals surface area contributed by atoms with Crippen LogP contribution in [0.25, 0.3) is 11.3 Å². The summed E-state index contributed by atoms with van der Waals surface area (Å²) in [6.45, 7) is 3.60. The predicted octanol–water partition coefficient (Wildman–Crippen LogP) is 1.65. The number of likely N-dealkylation sites (tertiary alicyclic amines) is 1. The Bertz CT molecular complexity index is 1010. The molecule has 0 saturated carbocycles. The first kappa shape index (κ1) is 19.2. The zero-order valence-corrected chi connectivity index (χ0v) is 17.0. The van der Waals surface area contributed by atoms with Crippen LogP contribution in [0.15, 0.2) is 29.3 Å². The van der Waals surface area contributed by atoms with Gasteiger partial charge in [0.05, 0.1) is 5.69 Å². The number of anilines is 1. The lowest BCUT2D eigenvalue weighted by molar-refractivity contribution is -0.135. The van der Waals surface area contributed by atoms with Crippen LogP contribution in [-0.4, -0.2) is 51.6 Å². The van der Waals surface area contributed by atoms with Crippen LogP contribution in [0.3, 0.4) is 0 Å². The number of fused-ring (bicyclic) bond motifs is 4. The van der Waals surface area contributed by atoms with E-state index in [-0.39, 0.29) is 17.4 Å². The number of nitrogens with zero attached hydrogens (tertiary/aromatic N) is 4. The number of amides is 1. The molecule has 0 spiro atoms. The highest BCUT2D eigenvalue weighted by molar-refractivity contribution is 5.76. The zero-order valence-electron chi connectivity index (χ0n) is 17.0. The SMILES string of the molecule is Nc1cc(-c2cc3n(c(=O)c2)C[C@H]2C[C@@H]3CN(C(=O)CC3CCOCC3)C2)ncn1. The van der Waals surface area contributed by atoms with Crippen molar-refractivity contribution in [2.24, 2.45) is 11.8 Å². The van der Waals surface area contributed by atoms with Crippen LogP contribution < -0.4 is 11.3 Å². The summed E-state index contributed by atoms with van der Waals surface area (Å²) in [5, 5.41) is 0. The molecule has 5 heterocycles. The van der Waals surface area contributed by atoms with Gasteiger partial charge in [-0.1, -0.05) is 0 Å². The summed E-state index contributed by atoms with van der Waals surface area (Å²) >= 11 is 0. The average Bonchev–Trinajstić information content (AvgIpc) is 2.75. The van der Waals surface area contributed by atoms with E-state index in [0.717, 1.165) is 50.3 Å². The fourth-order valence-electron chi connectivity index (χ4n) is 5.17. The Morgan fingerprint density at radius 3 is 2.77 bits per heavy atom. The van der Waals surface area contributed by atoms with Crippen LogP contribution in [0.1, 0.15) is 37.3 Å². The number of nitrogens with two attached hydrogens (primary N) is 1. The second-order valence-corrected chi connectivity index (χ2v) is 8.80. The van der Waals surface area contributed by atoms with Gasteiger partial charge in [-0.15, -0.1) is 0 Å². The fraction of sp³-hybridized carbons (Fsp3) is 0.545. The van der Waals surface area contributed by atoms with E-state index >= 15 is 0 Å². The van der Waals surface area contributed by atoms with Crippen molar-refractivity contribution in [2.75, 3.05) is 32.0 Å². The highest BCUT2D eigenvalue weighted by atomic mass is 16.5. The van der Waals surface area contributed by atoms with E-state index in [0.29, 0.717) is 42.9 Å². The lowest BCUT2D eigenvalue weighted by Crippen LogP contribution is -2.49. The maximum absolute atomic E-state index is 13.0. The van der Waals surface area contributed by atoms with Gasteiger partial charge < -0.3 is 19.9 Å². The molecule has 0 aliphatic carbocycles. The Hall–Kier alpha value is -2.74. The smallest absolute Gasteiger partial charge is 0.251 e. The van der Waals surface area contributed by atoms with Crippen molar-refractivity contribution in [3.63, 3.8) is 0 Å². The summed E-state index contributed by atoms with van der Waals surface area (Å²) in [7, 11) is 0. The van der Waals surface area contributed by atoms with Crippen LogP contribution >= 0.6 is 0 Å². The molecule has 2 saturated heterocycles. The first-order valence-corrected chi connectivity index (χ1v) is 10.7. The number of carbonyl (C=O) groups is 1. The molecule has 2 aromatic heterocycles. The summed E-state index contributed by atoms with van der Waals surface area (Å²) in [5.41, 5.74) is 8.17. The number of carbonyl (C=O) groups excluding carboxylic acids is 1. The van der Waals surface area contributed by atoms with E-state index in [2.05, 4.69) is 9.97 Å². The number of rotatable bonds is 3. The van der Waals surface area contributed by atoms with Crippen LogP contribution in [0.4, 0.5) is 5.82 Å². The normalized spacial score (nSPS) is 23.8. The van der Waals surface area contributed by atoms with Crippen LogP contribution in [0.2, 0.25) is 0 Å². The molecule has 2 N–H and O–H groups in total. The molecule has 8 heteroatoms. The number of piperidine rings is 1. The summed E-state index contributed by atoms with van der Waals surface area (Å²) in [5.74, 6) is 1.54. The third-order valence-electron chi connectivity index (χ3n) is 6.70. The zero-order chi connectivity index (χ0) is 20.7. The van der Waals surface area contributed by atoms with Gasteiger partial charge in [0.2, 0.25) is 5.91 Å². The maximum Gasteiger partial charge on any atom is 0.251 e. The van der Waals surface area contributed by atoms with Crippen molar-refractivity contribution in [3.05, 3.63) is 40.6 Å². The van der Waals surface area contributed by atoms with E-state index in [1.807, 2.05) is 15.5 Å². The summed E-state index contributed by atoms with van der Waals surface area (Å²) < 4.78 is 7.30. The number of hydrogen-bond acceptors (Lipinski definition) is 6. The molecule has 2 bridgehead atoms. The van der Waals surface area contributed by atoms with Gasteiger partial charge in [-0.05, 0) is 37.2 Å². The van der Waals surface area contributed by atoms with Crippen molar-refractivity contribution in [1.29, 1.82) is 0 Å². The first-order valence-electron chi connectivity index (χ1n) is 10.7. The van der Waals surface area contributed by atoms with Gasteiger partial charge in [0, 0.05) is 68.6 Å². The maximum atomic E-state index is 13.0. The van der Waals surface area contributed by atoms with Gasteiger partial charge in [0.25, 0.3) is 5.56 Å². The highest BCUT2D eigenvalue weighted by Gasteiger charge is 2.37. The van der Waals surface area contributed by atoms with Crippen molar-refractivity contribution in [3.8, 4) is 11.3 Å². The van der Waals surface area contributed by atoms with Crippen molar-refractivity contribution < 1.29 is 9.53 Å². The molecule has 3 aliphatic rings. The minimum Gasteiger partial charge on any atom is -0.384 e. The Balaban J connectivity index is 1.39. The molecule has 2 aromatic rings. The van der Waals surface area contributed by atoms with Gasteiger partial charge in [0.1, 0.15) is 12.1 Å². The fourth-order valence-corrected chi connectivity index (χ4v) is 5.17. The lowest BCUT2D eigenvalue weighted by Gasteiger charge is -2.43. The van der Waals surface area contributed by atoms with Crippen molar-refractivity contribution >= 4 is 11.7 Å². The average molecular weight is 409 g/mol. The molecular weight excluding hydrogens is 382 g/mol.